The quantitative estimate of drug-likeness (QED) is 0.469. The third-order valence-corrected chi connectivity index (χ3v) is 2.24. The third kappa shape index (κ3) is 2.45. The Morgan fingerprint density at radius 1 is 1.27 bits per heavy atom. The van der Waals surface area contributed by atoms with Crippen molar-refractivity contribution >= 4 is 22.6 Å². The largest absolute Gasteiger partial charge is 0.313 e. The van der Waals surface area contributed by atoms with Crippen LogP contribution in [0.2, 0.25) is 0 Å². The molecule has 2 heteroatoms. The first-order chi connectivity index (χ1) is 5.00. The van der Waals surface area contributed by atoms with Gasteiger partial charge in [0.05, 0.1) is 3.55 Å². The van der Waals surface area contributed by atoms with Crippen LogP contribution in [0.3, 0.4) is 0 Å². The maximum absolute atomic E-state index is 5.89. The predicted molar refractivity (Wildman–Crippen MR) is 56.7 cm³/mol. The molecule has 0 saturated carbocycles. The van der Waals surface area contributed by atoms with Crippen molar-refractivity contribution in [1.29, 1.82) is 0 Å². The monoisotopic (exact) mass is 261 g/mol. The fraction of sp³-hybridized carbons (Fsp3) is 0.333. The molecule has 2 N–H and O–H groups in total. The summed E-state index contributed by atoms with van der Waals surface area (Å²) >= 11 is 2.23. The van der Waals surface area contributed by atoms with Gasteiger partial charge in [-0.1, -0.05) is 52.4 Å². The van der Waals surface area contributed by atoms with Gasteiger partial charge < -0.3 is 5.73 Å². The summed E-state index contributed by atoms with van der Waals surface area (Å²) in [5, 5.41) is 0. The summed E-state index contributed by atoms with van der Waals surface area (Å²) < 4.78 is -0.245. The summed E-state index contributed by atoms with van der Waals surface area (Å²) in [4.78, 5) is 0. The van der Waals surface area contributed by atoms with Crippen LogP contribution >= 0.6 is 22.6 Å². The minimum absolute atomic E-state index is 0.245. The van der Waals surface area contributed by atoms with E-state index in [0.717, 1.165) is 0 Å². The second kappa shape index (κ2) is 3.11. The van der Waals surface area contributed by atoms with E-state index in [9.17, 15) is 0 Å². The summed E-state index contributed by atoms with van der Waals surface area (Å²) in [5.74, 6) is 0. The molecule has 0 radical (unpaired) electrons. The van der Waals surface area contributed by atoms with Crippen LogP contribution in [0.25, 0.3) is 0 Å². The molecule has 0 fully saturated rings. The highest BCUT2D eigenvalue weighted by Crippen LogP contribution is 2.24. The molecule has 1 nitrogen and oxygen atoms in total. The standard InChI is InChI=1S/C9H12IN/c1-7-3-5-8(6-4-7)9(2,10)11/h3-6H,11H2,1-2H3/t9-/m1/s1. The van der Waals surface area contributed by atoms with Gasteiger partial charge in [-0.2, -0.15) is 0 Å². The van der Waals surface area contributed by atoms with E-state index in [2.05, 4.69) is 53.8 Å². The zero-order valence-corrected chi connectivity index (χ0v) is 8.92. The van der Waals surface area contributed by atoms with Crippen LogP contribution in [-0.2, 0) is 3.55 Å². The van der Waals surface area contributed by atoms with Gasteiger partial charge in [0.25, 0.3) is 0 Å². The van der Waals surface area contributed by atoms with Gasteiger partial charge in [0.15, 0.2) is 0 Å². The fourth-order valence-corrected chi connectivity index (χ4v) is 1.24. The van der Waals surface area contributed by atoms with E-state index < -0.39 is 0 Å². The van der Waals surface area contributed by atoms with Crippen molar-refractivity contribution in [2.75, 3.05) is 0 Å². The first-order valence-corrected chi connectivity index (χ1v) is 4.63. The molecule has 60 valence electrons. The highest BCUT2D eigenvalue weighted by molar-refractivity contribution is 14.1. The average Bonchev–Trinajstić information content (AvgIpc) is 1.86. The van der Waals surface area contributed by atoms with Gasteiger partial charge in [0, 0.05) is 0 Å². The highest BCUT2D eigenvalue weighted by Gasteiger charge is 2.14. The Hall–Kier alpha value is -0.0900. The van der Waals surface area contributed by atoms with Gasteiger partial charge >= 0.3 is 0 Å². The first kappa shape index (κ1) is 9.00. The van der Waals surface area contributed by atoms with E-state index in [0.29, 0.717) is 0 Å². The SMILES string of the molecule is Cc1ccc([C@@](C)(N)I)cc1. The lowest BCUT2D eigenvalue weighted by Gasteiger charge is -2.16. The molecule has 0 aliphatic rings. The van der Waals surface area contributed by atoms with Crippen molar-refractivity contribution in [2.45, 2.75) is 17.4 Å². The Labute approximate surface area is 81.1 Å². The number of aryl methyl sites for hydroxylation is 1. The molecule has 0 aliphatic heterocycles. The summed E-state index contributed by atoms with van der Waals surface area (Å²) in [6, 6.07) is 8.31. The second-order valence-electron chi connectivity index (χ2n) is 2.94. The zero-order chi connectivity index (χ0) is 8.48. The number of hydrogen-bond donors (Lipinski definition) is 1. The van der Waals surface area contributed by atoms with Crippen LogP contribution in [0.15, 0.2) is 24.3 Å². The van der Waals surface area contributed by atoms with Crippen molar-refractivity contribution in [2.24, 2.45) is 5.73 Å². The van der Waals surface area contributed by atoms with Crippen molar-refractivity contribution in [3.8, 4) is 0 Å². The van der Waals surface area contributed by atoms with Crippen LogP contribution in [0.1, 0.15) is 18.1 Å². The molecule has 0 unspecified atom stereocenters. The van der Waals surface area contributed by atoms with Gasteiger partial charge in [-0.15, -0.1) is 0 Å². The van der Waals surface area contributed by atoms with Crippen LogP contribution in [0, 0.1) is 6.92 Å². The number of nitrogens with two attached hydrogens (primary N) is 1. The van der Waals surface area contributed by atoms with Crippen LogP contribution in [0.5, 0.6) is 0 Å². The van der Waals surface area contributed by atoms with E-state index in [1.54, 1.807) is 0 Å². The maximum atomic E-state index is 5.89. The molecule has 0 heterocycles. The lowest BCUT2D eigenvalue weighted by Crippen LogP contribution is -2.24. The van der Waals surface area contributed by atoms with Crippen molar-refractivity contribution in [3.05, 3.63) is 35.4 Å². The Morgan fingerprint density at radius 2 is 1.73 bits per heavy atom. The molecular weight excluding hydrogens is 249 g/mol. The molecule has 1 aromatic rings. The van der Waals surface area contributed by atoms with E-state index in [4.69, 9.17) is 5.73 Å². The number of benzene rings is 1. The molecular formula is C9H12IN. The normalized spacial score (nSPS) is 16.0. The minimum Gasteiger partial charge on any atom is -0.313 e. The van der Waals surface area contributed by atoms with Crippen LogP contribution in [0.4, 0.5) is 0 Å². The maximum Gasteiger partial charge on any atom is 0.0906 e. The second-order valence-corrected chi connectivity index (χ2v) is 5.18. The van der Waals surface area contributed by atoms with Crippen LogP contribution < -0.4 is 5.73 Å². The Balaban J connectivity index is 2.99. The minimum atomic E-state index is -0.245. The van der Waals surface area contributed by atoms with Gasteiger partial charge in [-0.25, -0.2) is 0 Å². The number of alkyl halides is 1. The lowest BCUT2D eigenvalue weighted by molar-refractivity contribution is 0.779. The molecule has 0 bridgehead atoms. The number of halogens is 1. The van der Waals surface area contributed by atoms with E-state index in [-0.39, 0.29) is 3.55 Å². The van der Waals surface area contributed by atoms with Crippen LogP contribution in [-0.4, -0.2) is 0 Å². The number of hydrogen-bond acceptors (Lipinski definition) is 1. The smallest absolute Gasteiger partial charge is 0.0906 e. The molecule has 0 spiro atoms. The summed E-state index contributed by atoms with van der Waals surface area (Å²) in [6.07, 6.45) is 0. The Kier molecular flexibility index (Phi) is 2.54. The van der Waals surface area contributed by atoms with Gasteiger partial charge in [-0.05, 0) is 19.4 Å². The van der Waals surface area contributed by atoms with E-state index >= 15 is 0 Å². The molecule has 1 aromatic carbocycles. The van der Waals surface area contributed by atoms with Gasteiger partial charge in [-0.3, -0.25) is 0 Å². The summed E-state index contributed by atoms with van der Waals surface area (Å²) in [5.41, 5.74) is 8.34. The van der Waals surface area contributed by atoms with Crippen molar-refractivity contribution in [3.63, 3.8) is 0 Å². The number of rotatable bonds is 1. The van der Waals surface area contributed by atoms with Crippen molar-refractivity contribution in [1.82, 2.24) is 0 Å². The Bertz CT molecular complexity index is 233. The molecule has 0 aliphatic carbocycles. The molecule has 0 amide bonds. The Morgan fingerprint density at radius 3 is 2.09 bits per heavy atom. The highest BCUT2D eigenvalue weighted by atomic mass is 127. The third-order valence-electron chi connectivity index (χ3n) is 1.62. The lowest BCUT2D eigenvalue weighted by atomic mass is 10.1. The van der Waals surface area contributed by atoms with E-state index in [1.165, 1.54) is 11.1 Å². The zero-order valence-electron chi connectivity index (χ0n) is 6.76. The topological polar surface area (TPSA) is 26.0 Å². The molecule has 0 saturated heterocycles. The summed E-state index contributed by atoms with van der Waals surface area (Å²) in [6.45, 7) is 4.07. The molecule has 1 rings (SSSR count). The molecule has 0 aromatic heterocycles. The van der Waals surface area contributed by atoms with Gasteiger partial charge in [0.2, 0.25) is 0 Å². The average molecular weight is 261 g/mol. The fourth-order valence-electron chi connectivity index (χ4n) is 0.879. The van der Waals surface area contributed by atoms with Gasteiger partial charge in [0.1, 0.15) is 0 Å². The van der Waals surface area contributed by atoms with E-state index in [1.807, 2.05) is 6.92 Å². The molecule has 1 atom stereocenters. The first-order valence-electron chi connectivity index (χ1n) is 3.55. The van der Waals surface area contributed by atoms with Crippen molar-refractivity contribution < 1.29 is 0 Å². The predicted octanol–water partition coefficient (Wildman–Crippen LogP) is 2.56. The summed E-state index contributed by atoms with van der Waals surface area (Å²) in [7, 11) is 0. The molecule has 11 heavy (non-hydrogen) atoms.